The summed E-state index contributed by atoms with van der Waals surface area (Å²) >= 11 is 18.6. The van der Waals surface area contributed by atoms with Crippen LogP contribution >= 0.6 is 34.8 Å². The first kappa shape index (κ1) is 23.6. The Morgan fingerprint density at radius 3 is 2.53 bits per heavy atom. The molecule has 4 aromatic rings. The molecule has 0 aliphatic heterocycles. The summed E-state index contributed by atoms with van der Waals surface area (Å²) in [6.45, 7) is 0.147. The summed E-state index contributed by atoms with van der Waals surface area (Å²) in [6.07, 6.45) is 1.53. The molecule has 9 nitrogen and oxygen atoms in total. The van der Waals surface area contributed by atoms with E-state index in [1.165, 1.54) is 41.2 Å². The average molecular weight is 522 g/mol. The van der Waals surface area contributed by atoms with Gasteiger partial charge in [0.25, 0.3) is 5.91 Å². The van der Waals surface area contributed by atoms with Crippen LogP contribution in [0.1, 0.15) is 21.9 Å². The standard InChI is InChI=1S/C22H15Cl3N4O5/c23-15-4-3-5-16(24)14(15)10-28-11-17(25)21(27-28)26-22(30)20-9-8-13(34-20)12-33-19-7-2-1-6-18(19)29(31)32/h1-9,11H,10,12H2,(H,26,27,30). The summed E-state index contributed by atoms with van der Waals surface area (Å²) in [5.41, 5.74) is 0.493. The van der Waals surface area contributed by atoms with E-state index in [0.29, 0.717) is 21.4 Å². The van der Waals surface area contributed by atoms with Crippen LogP contribution in [0.2, 0.25) is 15.1 Å². The third-order valence-corrected chi connectivity index (χ3v) is 5.63. The highest BCUT2D eigenvalue weighted by Gasteiger charge is 2.18. The third-order valence-electron chi connectivity index (χ3n) is 4.65. The van der Waals surface area contributed by atoms with Gasteiger partial charge in [-0.15, -0.1) is 0 Å². The Hall–Kier alpha value is -3.53. The highest BCUT2D eigenvalue weighted by Crippen LogP contribution is 2.28. The largest absolute Gasteiger partial charge is 0.479 e. The second-order valence-corrected chi connectivity index (χ2v) is 8.18. The molecule has 0 radical (unpaired) electrons. The summed E-state index contributed by atoms with van der Waals surface area (Å²) in [5, 5.41) is 19.1. The third kappa shape index (κ3) is 5.33. The number of ether oxygens (including phenoxy) is 1. The van der Waals surface area contributed by atoms with Crippen LogP contribution in [0.5, 0.6) is 5.75 Å². The second-order valence-electron chi connectivity index (χ2n) is 6.96. The number of carbonyl (C=O) groups is 1. The molecule has 2 aromatic heterocycles. The van der Waals surface area contributed by atoms with Gasteiger partial charge in [-0.25, -0.2) is 0 Å². The van der Waals surface area contributed by atoms with Gasteiger partial charge in [0, 0.05) is 27.9 Å². The van der Waals surface area contributed by atoms with E-state index in [-0.39, 0.29) is 41.2 Å². The summed E-state index contributed by atoms with van der Waals surface area (Å²) in [6, 6.07) is 14.1. The lowest BCUT2D eigenvalue weighted by Crippen LogP contribution is -2.12. The highest BCUT2D eigenvalue weighted by molar-refractivity contribution is 6.36. The van der Waals surface area contributed by atoms with Crippen molar-refractivity contribution in [2.75, 3.05) is 5.32 Å². The van der Waals surface area contributed by atoms with Gasteiger partial charge < -0.3 is 14.5 Å². The van der Waals surface area contributed by atoms with Gasteiger partial charge in [0.1, 0.15) is 17.4 Å². The Bertz CT molecular complexity index is 1350. The number of amides is 1. The average Bonchev–Trinajstić information content (AvgIpc) is 3.42. The maximum absolute atomic E-state index is 12.6. The first-order valence-electron chi connectivity index (χ1n) is 9.74. The van der Waals surface area contributed by atoms with Crippen molar-refractivity contribution in [3.05, 3.63) is 103 Å². The number of hydrogen-bond donors (Lipinski definition) is 1. The minimum atomic E-state index is -0.583. The summed E-state index contributed by atoms with van der Waals surface area (Å²) in [5.74, 6) is -0.0797. The number of anilines is 1. The Labute approximate surface area is 207 Å². The number of aromatic nitrogens is 2. The van der Waals surface area contributed by atoms with Gasteiger partial charge in [-0.3, -0.25) is 19.6 Å². The van der Waals surface area contributed by atoms with Crippen molar-refractivity contribution in [2.45, 2.75) is 13.2 Å². The quantitative estimate of drug-likeness (QED) is 0.217. The van der Waals surface area contributed by atoms with E-state index in [4.69, 9.17) is 44.0 Å². The van der Waals surface area contributed by atoms with Gasteiger partial charge >= 0.3 is 5.69 Å². The SMILES string of the molecule is O=C(Nc1nn(Cc2c(Cl)cccc2Cl)cc1Cl)c1ccc(COc2ccccc2[N+](=O)[O-])o1. The van der Waals surface area contributed by atoms with E-state index in [1.807, 2.05) is 0 Å². The molecule has 2 heterocycles. The summed E-state index contributed by atoms with van der Waals surface area (Å²) in [4.78, 5) is 23.1. The van der Waals surface area contributed by atoms with Crippen LogP contribution in [-0.2, 0) is 13.2 Å². The molecule has 174 valence electrons. The Morgan fingerprint density at radius 1 is 1.06 bits per heavy atom. The number of carbonyl (C=O) groups excluding carboxylic acids is 1. The number of nitro benzene ring substituents is 1. The van der Waals surface area contributed by atoms with Crippen LogP contribution < -0.4 is 10.1 Å². The molecule has 1 amide bonds. The first-order valence-corrected chi connectivity index (χ1v) is 10.9. The molecule has 12 heteroatoms. The molecule has 34 heavy (non-hydrogen) atoms. The summed E-state index contributed by atoms with van der Waals surface area (Å²) < 4.78 is 12.5. The molecule has 0 saturated carbocycles. The Morgan fingerprint density at radius 2 is 1.79 bits per heavy atom. The van der Waals surface area contributed by atoms with Crippen LogP contribution in [0.15, 0.2) is 65.2 Å². The molecule has 0 spiro atoms. The van der Waals surface area contributed by atoms with Gasteiger partial charge in [-0.05, 0) is 30.3 Å². The Balaban J connectivity index is 1.41. The van der Waals surface area contributed by atoms with E-state index in [2.05, 4.69) is 10.4 Å². The number of para-hydroxylation sites is 2. The molecule has 0 atom stereocenters. The number of rotatable bonds is 8. The fraction of sp³-hybridized carbons (Fsp3) is 0.0909. The summed E-state index contributed by atoms with van der Waals surface area (Å²) in [7, 11) is 0. The maximum Gasteiger partial charge on any atom is 0.310 e. The molecule has 1 N–H and O–H groups in total. The lowest BCUT2D eigenvalue weighted by Gasteiger charge is -2.06. The fourth-order valence-corrected chi connectivity index (χ4v) is 3.75. The zero-order chi connectivity index (χ0) is 24.2. The Kier molecular flexibility index (Phi) is 7.06. The van der Waals surface area contributed by atoms with Gasteiger partial charge in [-0.1, -0.05) is 53.0 Å². The van der Waals surface area contributed by atoms with Crippen LogP contribution in [0, 0.1) is 10.1 Å². The smallest absolute Gasteiger partial charge is 0.310 e. The molecule has 4 rings (SSSR count). The number of benzene rings is 2. The van der Waals surface area contributed by atoms with Gasteiger partial charge in [0.2, 0.25) is 0 Å². The fourth-order valence-electron chi connectivity index (χ4n) is 3.03. The molecule has 0 unspecified atom stereocenters. The van der Waals surface area contributed by atoms with E-state index < -0.39 is 10.8 Å². The zero-order valence-electron chi connectivity index (χ0n) is 17.2. The molecular weight excluding hydrogens is 507 g/mol. The number of nitro groups is 1. The molecule has 0 saturated heterocycles. The number of hydrogen-bond acceptors (Lipinski definition) is 6. The molecule has 0 fully saturated rings. The topological polar surface area (TPSA) is 112 Å². The predicted octanol–water partition coefficient (Wildman–Crippen LogP) is 6.22. The normalized spacial score (nSPS) is 10.8. The minimum Gasteiger partial charge on any atom is -0.479 e. The van der Waals surface area contributed by atoms with Crippen molar-refractivity contribution in [2.24, 2.45) is 0 Å². The van der Waals surface area contributed by atoms with Crippen molar-refractivity contribution in [3.63, 3.8) is 0 Å². The van der Waals surface area contributed by atoms with E-state index in [0.717, 1.165) is 0 Å². The van der Waals surface area contributed by atoms with Crippen molar-refractivity contribution < 1.29 is 18.9 Å². The highest BCUT2D eigenvalue weighted by atomic mass is 35.5. The maximum atomic E-state index is 12.6. The number of halogens is 3. The van der Waals surface area contributed by atoms with Crippen LogP contribution in [-0.4, -0.2) is 20.6 Å². The molecule has 2 aromatic carbocycles. The lowest BCUT2D eigenvalue weighted by molar-refractivity contribution is -0.386. The molecule has 0 aliphatic carbocycles. The van der Waals surface area contributed by atoms with Crippen LogP contribution in [0.25, 0.3) is 0 Å². The van der Waals surface area contributed by atoms with Crippen LogP contribution in [0.4, 0.5) is 11.5 Å². The lowest BCUT2D eigenvalue weighted by atomic mass is 10.2. The van der Waals surface area contributed by atoms with Crippen molar-refractivity contribution in [3.8, 4) is 5.75 Å². The van der Waals surface area contributed by atoms with Gasteiger partial charge in [-0.2, -0.15) is 5.10 Å². The number of nitrogens with zero attached hydrogens (tertiary/aromatic N) is 3. The van der Waals surface area contributed by atoms with Crippen molar-refractivity contribution >= 4 is 52.2 Å². The predicted molar refractivity (Wildman–Crippen MR) is 127 cm³/mol. The molecule has 0 bridgehead atoms. The molecular formula is C22H15Cl3N4O5. The van der Waals surface area contributed by atoms with Gasteiger partial charge in [0.15, 0.2) is 17.3 Å². The van der Waals surface area contributed by atoms with Crippen LogP contribution in [0.3, 0.4) is 0 Å². The number of furan rings is 1. The zero-order valence-corrected chi connectivity index (χ0v) is 19.5. The minimum absolute atomic E-state index is 0.0130. The first-order chi connectivity index (χ1) is 16.3. The number of nitrogens with one attached hydrogen (secondary N) is 1. The van der Waals surface area contributed by atoms with E-state index in [9.17, 15) is 14.9 Å². The van der Waals surface area contributed by atoms with Gasteiger partial charge in [0.05, 0.1) is 11.5 Å². The monoisotopic (exact) mass is 520 g/mol. The van der Waals surface area contributed by atoms with Crippen molar-refractivity contribution in [1.29, 1.82) is 0 Å². The van der Waals surface area contributed by atoms with Crippen molar-refractivity contribution in [1.82, 2.24) is 9.78 Å². The van der Waals surface area contributed by atoms with E-state index >= 15 is 0 Å². The molecule has 0 aliphatic rings. The van der Waals surface area contributed by atoms with E-state index in [1.54, 1.807) is 24.3 Å². The second kappa shape index (κ2) is 10.2.